The quantitative estimate of drug-likeness (QED) is 0.0184. The molecule has 2 aromatic heterocycles. The monoisotopic (exact) mass is 1260 g/mol. The summed E-state index contributed by atoms with van der Waals surface area (Å²) in [5.74, 6) is -11.9. The summed E-state index contributed by atoms with van der Waals surface area (Å²) in [6, 6.07) is 3.11. The van der Waals surface area contributed by atoms with Crippen LogP contribution >= 0.6 is 23.2 Å². The number of aliphatic carboxylic acids is 4. The maximum atomic E-state index is 13.9. The Morgan fingerprint density at radius 2 is 1.01 bits per heavy atom. The van der Waals surface area contributed by atoms with Gasteiger partial charge in [-0.3, -0.25) is 67.9 Å². The van der Waals surface area contributed by atoms with Crippen LogP contribution in [0, 0.1) is 5.41 Å². The Hall–Kier alpha value is -9.20. The molecule has 2 aliphatic heterocycles. The molecule has 31 nitrogen and oxygen atoms in total. The first-order chi connectivity index (χ1) is 41.7. The molecule has 0 saturated carbocycles. The molecule has 6 rings (SSSR count). The number of nitrogens with zero attached hydrogens (tertiary/aromatic N) is 6. The minimum absolute atomic E-state index is 0.00803. The maximum absolute atomic E-state index is 13.9. The molecule has 2 aliphatic rings. The fourth-order valence-electron chi connectivity index (χ4n) is 10.1. The van der Waals surface area contributed by atoms with Gasteiger partial charge in [-0.2, -0.15) is 0 Å². The summed E-state index contributed by atoms with van der Waals surface area (Å²) in [5, 5.41) is 64.7. The van der Waals surface area contributed by atoms with Crippen molar-refractivity contribution in [2.45, 2.75) is 108 Å². The van der Waals surface area contributed by atoms with Gasteiger partial charge in [0.25, 0.3) is 11.8 Å². The summed E-state index contributed by atoms with van der Waals surface area (Å²) in [7, 11) is 4.63. The fraction of sp³-hybridized carbons (Fsp3) is 0.455. The first-order valence-electron chi connectivity index (χ1n) is 27.9. The Balaban J connectivity index is 1.05. The number of hydrogen-bond donors (Lipinski definition) is 14. The molecule has 4 heterocycles. The van der Waals surface area contributed by atoms with Gasteiger partial charge in [0.05, 0.1) is 52.1 Å². The van der Waals surface area contributed by atoms with Gasteiger partial charge in [0.2, 0.25) is 29.5 Å². The molecule has 4 atom stereocenters. The van der Waals surface area contributed by atoms with Crippen molar-refractivity contribution >= 4 is 106 Å². The minimum Gasteiger partial charge on any atom is -0.481 e. The lowest BCUT2D eigenvalue weighted by molar-refractivity contribution is -0.143. The number of carbonyl (C=O) groups excluding carboxylic acids is 7. The fourth-order valence-corrected chi connectivity index (χ4v) is 10.7. The molecule has 33 heteroatoms. The van der Waals surface area contributed by atoms with Crippen LogP contribution in [0.5, 0.6) is 0 Å². The molecular formula is C55H70Cl2N16O15. The van der Waals surface area contributed by atoms with Crippen LogP contribution in [0.15, 0.2) is 36.4 Å². The maximum Gasteiger partial charge on any atom is 0.305 e. The van der Waals surface area contributed by atoms with Crippen molar-refractivity contribution in [1.29, 1.82) is 5.41 Å². The molecule has 0 bridgehead atoms. The molecule has 7 amide bonds. The van der Waals surface area contributed by atoms with Gasteiger partial charge in [-0.25, -0.2) is 9.97 Å². The molecule has 88 heavy (non-hydrogen) atoms. The van der Waals surface area contributed by atoms with Crippen molar-refractivity contribution in [1.82, 2.24) is 60.8 Å². The SMILES string of the molecule is CNC(=O)[C@H](CC(=O)O)NC(=O)[C@H](CC(=O)O)NC(=O)[C@H](CCCNC(=N)N)NC(=O)[C@H](CC(=O)O)NC(=O)CCCN1CCc2c(nc(C(=O)Nc3cccc(-c4cccc(NC(=O)c5nc6c(n5C)CCN(CCCC(=O)O)C6)c4Cl)c3Cl)n2C)C1. The largest absolute Gasteiger partial charge is 0.481 e. The highest BCUT2D eigenvalue weighted by molar-refractivity contribution is 6.40. The summed E-state index contributed by atoms with van der Waals surface area (Å²) >= 11 is 13.9. The van der Waals surface area contributed by atoms with Gasteiger partial charge in [0, 0.05) is 102 Å². The van der Waals surface area contributed by atoms with Crippen LogP contribution in [-0.4, -0.2) is 184 Å². The van der Waals surface area contributed by atoms with Gasteiger partial charge in [0.15, 0.2) is 17.6 Å². The van der Waals surface area contributed by atoms with Crippen LogP contribution in [0.3, 0.4) is 0 Å². The van der Waals surface area contributed by atoms with E-state index < -0.39 is 115 Å². The number of rotatable bonds is 31. The number of carboxylic acid groups (broad SMARTS) is 4. The standard InChI is InChI=1S/C55H70Cl2N16O15/c1-60-49(83)33(23-42(77)78)68-52(86)35(25-44(81)82)69-50(84)32(13-6-18-61-55(58)59)67-51(85)34(24-43(79)80)62-40(74)14-7-19-72-21-16-38-36(26-72)63-47(70(38)2)53(87)65-30-11-4-9-28(45(30)56)29-10-5-12-31(46(29)57)66-54(88)48-64-37-27-73(20-8-15-41(75)76)22-17-39(37)71(48)3/h4-5,9-12,32-35H,6-8,13-27H2,1-3H3,(H,60,83)(H,62,74)(H,65,87)(H,66,88)(H,67,85)(H,68,86)(H,69,84)(H,75,76)(H,77,78)(H,79,80)(H,81,82)(H4,58,59,61)/t32-,33-,34-,35-/m0/s1. The summed E-state index contributed by atoms with van der Waals surface area (Å²) < 4.78 is 3.42. The van der Waals surface area contributed by atoms with E-state index >= 15 is 0 Å². The molecule has 0 fully saturated rings. The Labute approximate surface area is 513 Å². The Morgan fingerprint density at radius 3 is 1.44 bits per heavy atom. The summed E-state index contributed by atoms with van der Waals surface area (Å²) in [4.78, 5) is 153. The zero-order chi connectivity index (χ0) is 64.5. The Kier molecular flexibility index (Phi) is 24.3. The van der Waals surface area contributed by atoms with Gasteiger partial charge >= 0.3 is 23.9 Å². The number of imidazole rings is 2. The van der Waals surface area contributed by atoms with E-state index in [1.807, 2.05) is 4.90 Å². The summed E-state index contributed by atoms with van der Waals surface area (Å²) in [5.41, 5.74) is 9.84. The molecule has 474 valence electrons. The molecule has 15 N–H and O–H groups in total. The number of carboxylic acids is 4. The van der Waals surface area contributed by atoms with E-state index in [0.29, 0.717) is 75.4 Å². The van der Waals surface area contributed by atoms with Gasteiger partial charge in [0.1, 0.15) is 24.2 Å². The van der Waals surface area contributed by atoms with Crippen LogP contribution in [0.2, 0.25) is 10.0 Å². The van der Waals surface area contributed by atoms with Gasteiger partial charge in [-0.05, 0) is 50.9 Å². The van der Waals surface area contributed by atoms with E-state index in [0.717, 1.165) is 24.1 Å². The van der Waals surface area contributed by atoms with Crippen molar-refractivity contribution < 1.29 is 73.2 Å². The predicted molar refractivity (Wildman–Crippen MR) is 316 cm³/mol. The average molecular weight is 1270 g/mol. The number of halogens is 2. The summed E-state index contributed by atoms with van der Waals surface area (Å²) in [6.45, 7) is 2.89. The lowest BCUT2D eigenvalue weighted by atomic mass is 10.0. The number of nitrogens with one attached hydrogen (secondary N) is 9. The zero-order valence-corrected chi connectivity index (χ0v) is 49.8. The van der Waals surface area contributed by atoms with Gasteiger partial charge < -0.3 is 77.8 Å². The first-order valence-corrected chi connectivity index (χ1v) is 28.6. The molecule has 2 aromatic carbocycles. The molecule has 0 spiro atoms. The number of aromatic nitrogens is 4. The van der Waals surface area contributed by atoms with Crippen molar-refractivity contribution in [3.05, 3.63) is 80.9 Å². The smallest absolute Gasteiger partial charge is 0.305 e. The number of guanidine groups is 1. The second-order valence-electron chi connectivity index (χ2n) is 20.9. The lowest BCUT2D eigenvalue weighted by Gasteiger charge is -2.27. The van der Waals surface area contributed by atoms with Gasteiger partial charge in [-0.1, -0.05) is 47.5 Å². The lowest BCUT2D eigenvalue weighted by Crippen LogP contribution is -2.59. The molecule has 4 aromatic rings. The zero-order valence-electron chi connectivity index (χ0n) is 48.3. The number of nitrogens with two attached hydrogens (primary N) is 1. The molecule has 0 aliphatic carbocycles. The second-order valence-corrected chi connectivity index (χ2v) is 21.6. The minimum atomic E-state index is -1.91. The van der Waals surface area contributed by atoms with Crippen LogP contribution in [-0.2, 0) is 83.2 Å². The van der Waals surface area contributed by atoms with Crippen molar-refractivity contribution in [3.63, 3.8) is 0 Å². The van der Waals surface area contributed by atoms with E-state index in [1.54, 1.807) is 59.6 Å². The van der Waals surface area contributed by atoms with Crippen LogP contribution in [0.25, 0.3) is 11.1 Å². The third-order valence-electron chi connectivity index (χ3n) is 14.5. The number of likely N-dealkylation sites (N-methyl/N-ethyl adjacent to an activating group) is 1. The number of hydrogen-bond acceptors (Lipinski definition) is 16. The van der Waals surface area contributed by atoms with E-state index in [4.69, 9.17) is 39.5 Å². The van der Waals surface area contributed by atoms with E-state index in [9.17, 15) is 68.1 Å². The van der Waals surface area contributed by atoms with Crippen molar-refractivity contribution in [2.75, 3.05) is 50.4 Å². The van der Waals surface area contributed by atoms with E-state index in [2.05, 4.69) is 57.4 Å². The van der Waals surface area contributed by atoms with Crippen molar-refractivity contribution in [3.8, 4) is 11.1 Å². The number of anilines is 2. The molecule has 0 saturated heterocycles. The molecular weight excluding hydrogens is 1200 g/mol. The average Bonchev–Trinajstić information content (AvgIpc) is 2.66. The van der Waals surface area contributed by atoms with Crippen LogP contribution in [0.4, 0.5) is 11.4 Å². The third kappa shape index (κ3) is 18.7. The van der Waals surface area contributed by atoms with Crippen LogP contribution in [0.1, 0.15) is 102 Å². The topological polar surface area (TPSA) is 457 Å². The second kappa shape index (κ2) is 31.4. The normalized spacial score (nSPS) is 14.3. The number of fused-ring (bicyclic) bond motifs is 2. The number of benzene rings is 2. The predicted octanol–water partition coefficient (Wildman–Crippen LogP) is 0.366. The number of amides is 7. The molecule has 0 unspecified atom stereocenters. The van der Waals surface area contributed by atoms with Crippen LogP contribution < -0.4 is 48.3 Å². The van der Waals surface area contributed by atoms with Gasteiger partial charge in [-0.15, -0.1) is 0 Å². The van der Waals surface area contributed by atoms with E-state index in [-0.39, 0.29) is 71.7 Å². The molecule has 0 radical (unpaired) electrons. The highest BCUT2D eigenvalue weighted by Crippen LogP contribution is 2.40. The Bertz CT molecular complexity index is 3350. The summed E-state index contributed by atoms with van der Waals surface area (Å²) in [6.07, 6.45) is -1.43. The van der Waals surface area contributed by atoms with Crippen molar-refractivity contribution in [2.24, 2.45) is 19.8 Å². The third-order valence-corrected chi connectivity index (χ3v) is 15.3. The first kappa shape index (κ1) is 67.9. The highest BCUT2D eigenvalue weighted by Gasteiger charge is 2.35. The number of carbonyl (C=O) groups is 11. The highest BCUT2D eigenvalue weighted by atomic mass is 35.5. The Morgan fingerprint density at radius 1 is 0.591 bits per heavy atom. The van der Waals surface area contributed by atoms with E-state index in [1.165, 1.54) is 0 Å².